The van der Waals surface area contributed by atoms with Crippen LogP contribution < -0.4 is 16.0 Å². The van der Waals surface area contributed by atoms with Crippen LogP contribution in [0.25, 0.3) is 0 Å². The minimum Gasteiger partial charge on any atom is -0.383 e. The molecule has 32 heavy (non-hydrogen) atoms. The molecule has 0 aliphatic rings. The summed E-state index contributed by atoms with van der Waals surface area (Å²) < 4.78 is 6.63. The van der Waals surface area contributed by atoms with E-state index < -0.39 is 0 Å². The molecule has 0 saturated carbocycles. The van der Waals surface area contributed by atoms with Crippen LogP contribution in [0.15, 0.2) is 36.1 Å². The van der Waals surface area contributed by atoms with Crippen LogP contribution >= 0.6 is 0 Å². The molecule has 3 heterocycles. The van der Waals surface area contributed by atoms with E-state index in [2.05, 4.69) is 41.0 Å². The van der Waals surface area contributed by atoms with Crippen molar-refractivity contribution in [3.05, 3.63) is 42.5 Å². The van der Waals surface area contributed by atoms with E-state index >= 15 is 0 Å². The van der Waals surface area contributed by atoms with Crippen LogP contribution in [0.3, 0.4) is 0 Å². The van der Waals surface area contributed by atoms with Gasteiger partial charge in [-0.15, -0.1) is 0 Å². The zero-order valence-electron chi connectivity index (χ0n) is 18.5. The van der Waals surface area contributed by atoms with Crippen molar-refractivity contribution in [1.29, 1.82) is 0 Å². The van der Waals surface area contributed by atoms with Crippen LogP contribution in [0, 0.1) is 0 Å². The number of hydrogen-bond donors (Lipinski definition) is 3. The predicted octanol–water partition coefficient (Wildman–Crippen LogP) is 1.69. The largest absolute Gasteiger partial charge is 0.383 e. The highest BCUT2D eigenvalue weighted by molar-refractivity contribution is 6.06. The Morgan fingerprint density at radius 1 is 1.22 bits per heavy atom. The van der Waals surface area contributed by atoms with Gasteiger partial charge in [-0.05, 0) is 6.42 Å². The van der Waals surface area contributed by atoms with E-state index in [1.54, 1.807) is 50.7 Å². The summed E-state index contributed by atoms with van der Waals surface area (Å²) in [7, 11) is 4.92. The Balaban J connectivity index is 2.05. The van der Waals surface area contributed by atoms with E-state index in [0.29, 0.717) is 54.0 Å². The van der Waals surface area contributed by atoms with Crippen molar-refractivity contribution in [2.24, 2.45) is 12.0 Å². The molecule has 1 amide bonds. The SMILES string of the molecule is CCC(=Nc1cn(C)nc1C(=O)NC)c1nc(NCCOC)ncc1Nc1cncnc1. The summed E-state index contributed by atoms with van der Waals surface area (Å²) in [6.07, 6.45) is 8.66. The predicted molar refractivity (Wildman–Crippen MR) is 121 cm³/mol. The number of nitrogens with zero attached hydrogens (tertiary/aromatic N) is 7. The maximum absolute atomic E-state index is 12.2. The van der Waals surface area contributed by atoms with Crippen LogP contribution in [-0.2, 0) is 11.8 Å². The highest BCUT2D eigenvalue weighted by Gasteiger charge is 2.18. The summed E-state index contributed by atoms with van der Waals surface area (Å²) in [6.45, 7) is 3.03. The lowest BCUT2D eigenvalue weighted by atomic mass is 10.1. The first kappa shape index (κ1) is 22.7. The number of aryl methyl sites for hydroxylation is 1. The van der Waals surface area contributed by atoms with Crippen LogP contribution in [-0.4, -0.2) is 68.6 Å². The maximum Gasteiger partial charge on any atom is 0.273 e. The molecule has 0 bridgehead atoms. The quantitative estimate of drug-likeness (QED) is 0.318. The van der Waals surface area contributed by atoms with Gasteiger partial charge in [-0.1, -0.05) is 6.92 Å². The Morgan fingerprint density at radius 2 is 2.00 bits per heavy atom. The fourth-order valence-electron chi connectivity index (χ4n) is 2.85. The molecule has 3 N–H and O–H groups in total. The number of methoxy groups -OCH3 is 1. The first-order valence-corrected chi connectivity index (χ1v) is 10.0. The van der Waals surface area contributed by atoms with Gasteiger partial charge in [-0.25, -0.2) is 24.9 Å². The molecule has 3 aromatic heterocycles. The van der Waals surface area contributed by atoms with Crippen LogP contribution in [0.5, 0.6) is 0 Å². The lowest BCUT2D eigenvalue weighted by Gasteiger charge is -2.14. The minimum atomic E-state index is -0.316. The third-order valence-corrected chi connectivity index (χ3v) is 4.33. The molecule has 0 aromatic carbocycles. The number of aromatic nitrogens is 6. The number of carbonyl (C=O) groups is 1. The average Bonchev–Trinajstić information content (AvgIpc) is 3.18. The molecule has 0 aliphatic heterocycles. The Hall–Kier alpha value is -3.93. The van der Waals surface area contributed by atoms with Gasteiger partial charge in [0, 0.05) is 27.7 Å². The number of nitrogens with one attached hydrogen (secondary N) is 3. The lowest BCUT2D eigenvalue weighted by Crippen LogP contribution is -2.19. The van der Waals surface area contributed by atoms with E-state index in [9.17, 15) is 4.79 Å². The molecular formula is C20H26N10O2. The van der Waals surface area contributed by atoms with E-state index in [1.807, 2.05) is 6.92 Å². The Labute approximate surface area is 185 Å². The number of hydrogen-bond acceptors (Lipinski definition) is 10. The van der Waals surface area contributed by atoms with Gasteiger partial charge in [0.1, 0.15) is 17.7 Å². The van der Waals surface area contributed by atoms with E-state index in [4.69, 9.17) is 9.73 Å². The van der Waals surface area contributed by atoms with Crippen molar-refractivity contribution in [2.45, 2.75) is 13.3 Å². The number of carbonyl (C=O) groups excluding carboxylic acids is 1. The number of rotatable bonds is 10. The molecule has 3 aromatic rings. The van der Waals surface area contributed by atoms with Gasteiger partial charge in [-0.3, -0.25) is 9.48 Å². The maximum atomic E-state index is 12.2. The second kappa shape index (κ2) is 10.9. The third-order valence-electron chi connectivity index (χ3n) is 4.33. The van der Waals surface area contributed by atoms with Gasteiger partial charge in [0.2, 0.25) is 5.95 Å². The molecule has 12 heteroatoms. The number of amides is 1. The second-order valence-electron chi connectivity index (χ2n) is 6.66. The van der Waals surface area contributed by atoms with Crippen molar-refractivity contribution >= 4 is 34.6 Å². The van der Waals surface area contributed by atoms with Crippen molar-refractivity contribution in [2.75, 3.05) is 37.9 Å². The zero-order chi connectivity index (χ0) is 22.9. The van der Waals surface area contributed by atoms with E-state index in [-0.39, 0.29) is 11.6 Å². The highest BCUT2D eigenvalue weighted by atomic mass is 16.5. The van der Waals surface area contributed by atoms with E-state index in [1.165, 1.54) is 6.33 Å². The Bertz CT molecular complexity index is 1080. The summed E-state index contributed by atoms with van der Waals surface area (Å²) in [4.78, 5) is 34.1. The minimum absolute atomic E-state index is 0.236. The smallest absolute Gasteiger partial charge is 0.273 e. The van der Waals surface area contributed by atoms with Crippen molar-refractivity contribution in [3.63, 3.8) is 0 Å². The Kier molecular flexibility index (Phi) is 7.75. The van der Waals surface area contributed by atoms with E-state index in [0.717, 1.165) is 0 Å². The standard InChI is InChI=1S/C20H26N10O2/c1-5-14(27-16-11-30(3)29-18(16)19(31)21-2)17-15(26-13-8-22-12-23-9-13)10-25-20(28-17)24-6-7-32-4/h8-12,26H,5-7H2,1-4H3,(H,21,31)(H,24,25,28). The molecule has 3 rings (SSSR count). The second-order valence-corrected chi connectivity index (χ2v) is 6.66. The van der Waals surface area contributed by atoms with Crippen LogP contribution in [0.4, 0.5) is 23.0 Å². The van der Waals surface area contributed by atoms with Crippen molar-refractivity contribution in [1.82, 2.24) is 35.0 Å². The summed E-state index contributed by atoms with van der Waals surface area (Å²) >= 11 is 0. The summed E-state index contributed by atoms with van der Waals surface area (Å²) in [5.74, 6) is 0.120. The van der Waals surface area contributed by atoms with Gasteiger partial charge in [0.15, 0.2) is 5.69 Å². The topological polar surface area (TPSA) is 144 Å². The molecular weight excluding hydrogens is 412 g/mol. The summed E-state index contributed by atoms with van der Waals surface area (Å²) in [5.41, 5.74) is 3.23. The van der Waals surface area contributed by atoms with Crippen LogP contribution in [0.1, 0.15) is 29.5 Å². The Morgan fingerprint density at radius 3 is 2.69 bits per heavy atom. The third kappa shape index (κ3) is 5.60. The van der Waals surface area contributed by atoms with Gasteiger partial charge in [-0.2, -0.15) is 5.10 Å². The number of aliphatic imine (C=N–C) groups is 1. The molecule has 168 valence electrons. The molecule has 0 atom stereocenters. The molecule has 12 nitrogen and oxygen atoms in total. The number of ether oxygens (including phenoxy) is 1. The monoisotopic (exact) mass is 438 g/mol. The molecule has 0 aliphatic carbocycles. The molecule has 0 spiro atoms. The van der Waals surface area contributed by atoms with Crippen molar-refractivity contribution < 1.29 is 9.53 Å². The number of anilines is 3. The lowest BCUT2D eigenvalue weighted by molar-refractivity contribution is 0.0958. The van der Waals surface area contributed by atoms with Gasteiger partial charge < -0.3 is 20.7 Å². The average molecular weight is 438 g/mol. The van der Waals surface area contributed by atoms with Gasteiger partial charge in [0.05, 0.1) is 48.5 Å². The molecule has 0 unspecified atom stereocenters. The molecule has 0 radical (unpaired) electrons. The van der Waals surface area contributed by atoms with Gasteiger partial charge in [0.25, 0.3) is 5.91 Å². The zero-order valence-corrected chi connectivity index (χ0v) is 18.5. The summed E-state index contributed by atoms with van der Waals surface area (Å²) in [5, 5.41) is 13.2. The fraction of sp³-hybridized carbons (Fsp3) is 0.350. The van der Waals surface area contributed by atoms with Crippen molar-refractivity contribution in [3.8, 4) is 0 Å². The molecule has 0 fully saturated rings. The summed E-state index contributed by atoms with van der Waals surface area (Å²) in [6, 6.07) is 0. The van der Waals surface area contributed by atoms with Crippen LogP contribution in [0.2, 0.25) is 0 Å². The normalized spacial score (nSPS) is 11.3. The van der Waals surface area contributed by atoms with Gasteiger partial charge >= 0.3 is 0 Å². The first-order valence-electron chi connectivity index (χ1n) is 10.0. The molecule has 0 saturated heterocycles. The fourth-order valence-corrected chi connectivity index (χ4v) is 2.85. The highest BCUT2D eigenvalue weighted by Crippen LogP contribution is 2.24. The first-order chi connectivity index (χ1) is 15.5.